The van der Waals surface area contributed by atoms with Crippen LogP contribution in [0.4, 0.5) is 9.18 Å². The Hall–Kier alpha value is -1.82. The maximum atomic E-state index is 13.6. The zero-order valence-electron chi connectivity index (χ0n) is 17.2. The van der Waals surface area contributed by atoms with Crippen molar-refractivity contribution >= 4 is 6.09 Å². The number of halogens is 1. The van der Waals surface area contributed by atoms with Gasteiger partial charge in [0.25, 0.3) is 0 Å². The van der Waals surface area contributed by atoms with Crippen molar-refractivity contribution in [2.45, 2.75) is 65.1 Å². The third kappa shape index (κ3) is 5.12. The first-order valence-electron chi connectivity index (χ1n) is 9.95. The third-order valence-corrected chi connectivity index (χ3v) is 5.46. The molecule has 0 aromatic heterocycles. The van der Waals surface area contributed by atoms with Crippen LogP contribution < -0.4 is 4.74 Å². The van der Waals surface area contributed by atoms with Crippen LogP contribution in [0.2, 0.25) is 0 Å². The fraction of sp³-hybridized carbons (Fsp3) is 0.667. The van der Waals surface area contributed by atoms with E-state index < -0.39 is 0 Å². The number of hydrogen-bond acceptors (Lipinski definition) is 4. The molecule has 1 saturated heterocycles. The van der Waals surface area contributed by atoms with Gasteiger partial charge >= 0.3 is 6.09 Å². The quantitative estimate of drug-likeness (QED) is 0.648. The second-order valence-electron chi connectivity index (χ2n) is 7.29. The highest BCUT2D eigenvalue weighted by Crippen LogP contribution is 2.34. The monoisotopic (exact) mass is 380 g/mol. The van der Waals surface area contributed by atoms with Crippen LogP contribution in [0.1, 0.15) is 58.6 Å². The van der Waals surface area contributed by atoms with E-state index in [4.69, 9.17) is 9.47 Å². The van der Waals surface area contributed by atoms with Gasteiger partial charge in [0.1, 0.15) is 11.6 Å². The molecule has 1 aliphatic heterocycles. The first-order valence-corrected chi connectivity index (χ1v) is 9.95. The highest BCUT2D eigenvalue weighted by Gasteiger charge is 2.37. The Morgan fingerprint density at radius 3 is 2.70 bits per heavy atom. The minimum Gasteiger partial charge on any atom is -0.496 e. The molecule has 3 atom stereocenters. The van der Waals surface area contributed by atoms with E-state index in [1.165, 1.54) is 12.1 Å². The number of unbranched alkanes of at least 4 members (excludes halogenated alkanes) is 1. The van der Waals surface area contributed by atoms with Gasteiger partial charge in [0.15, 0.2) is 0 Å². The maximum Gasteiger partial charge on any atom is 0.410 e. The van der Waals surface area contributed by atoms with Crippen molar-refractivity contribution in [3.63, 3.8) is 0 Å². The Morgan fingerprint density at radius 1 is 1.33 bits per heavy atom. The number of piperazine rings is 1. The zero-order valence-corrected chi connectivity index (χ0v) is 17.2. The number of carbonyl (C=O) groups is 1. The van der Waals surface area contributed by atoms with Gasteiger partial charge in [-0.2, -0.15) is 0 Å². The molecule has 0 bridgehead atoms. The summed E-state index contributed by atoms with van der Waals surface area (Å²) in [6, 6.07) is 5.02. The molecule has 1 unspecified atom stereocenters. The van der Waals surface area contributed by atoms with Gasteiger partial charge < -0.3 is 14.4 Å². The van der Waals surface area contributed by atoms with Crippen LogP contribution in [0.5, 0.6) is 5.75 Å². The molecule has 0 spiro atoms. The molecule has 2 rings (SSSR count). The molecule has 1 aliphatic rings. The topological polar surface area (TPSA) is 42.0 Å². The molecule has 5 nitrogen and oxygen atoms in total. The Labute approximate surface area is 162 Å². The average molecular weight is 381 g/mol. The van der Waals surface area contributed by atoms with Gasteiger partial charge in [-0.15, -0.1) is 0 Å². The number of amides is 1. The van der Waals surface area contributed by atoms with Crippen molar-refractivity contribution in [3.05, 3.63) is 29.6 Å². The number of rotatable bonds is 7. The Kier molecular flexibility index (Phi) is 7.90. The lowest BCUT2D eigenvalue weighted by Crippen LogP contribution is -2.59. The summed E-state index contributed by atoms with van der Waals surface area (Å²) in [7, 11) is 1.56. The fourth-order valence-corrected chi connectivity index (χ4v) is 3.75. The van der Waals surface area contributed by atoms with E-state index in [1.807, 2.05) is 4.90 Å². The van der Waals surface area contributed by atoms with Crippen LogP contribution in [0.3, 0.4) is 0 Å². The minimum absolute atomic E-state index is 0.0517. The molecule has 1 amide bonds. The SMILES string of the molecule is CCCCOC(=O)N1C[C@@H](CC)N(C(C)c2ccc(F)cc2OC)C[C@@H]1C. The third-order valence-electron chi connectivity index (χ3n) is 5.46. The van der Waals surface area contributed by atoms with Crippen LogP contribution in [0, 0.1) is 5.82 Å². The van der Waals surface area contributed by atoms with E-state index in [1.54, 1.807) is 13.2 Å². The van der Waals surface area contributed by atoms with Crippen molar-refractivity contribution < 1.29 is 18.7 Å². The Bertz CT molecular complexity index is 625. The van der Waals surface area contributed by atoms with Gasteiger partial charge in [0.05, 0.1) is 13.7 Å². The van der Waals surface area contributed by atoms with Crippen molar-refractivity contribution in [3.8, 4) is 5.75 Å². The molecule has 0 aliphatic carbocycles. The molecular formula is C21H33FN2O3. The summed E-state index contributed by atoms with van der Waals surface area (Å²) in [5.41, 5.74) is 0.962. The number of nitrogens with zero attached hydrogens (tertiary/aromatic N) is 2. The van der Waals surface area contributed by atoms with Crippen LogP contribution in [-0.2, 0) is 4.74 Å². The molecule has 0 saturated carbocycles. The lowest BCUT2D eigenvalue weighted by Gasteiger charge is -2.47. The summed E-state index contributed by atoms with van der Waals surface area (Å²) in [4.78, 5) is 16.7. The molecule has 1 fully saturated rings. The largest absolute Gasteiger partial charge is 0.496 e. The first-order chi connectivity index (χ1) is 12.9. The normalized spacial score (nSPS) is 21.8. The number of carbonyl (C=O) groups excluding carboxylic acids is 1. The van der Waals surface area contributed by atoms with E-state index in [9.17, 15) is 9.18 Å². The Morgan fingerprint density at radius 2 is 2.07 bits per heavy atom. The van der Waals surface area contributed by atoms with Crippen LogP contribution in [0.25, 0.3) is 0 Å². The van der Waals surface area contributed by atoms with Gasteiger partial charge in [-0.1, -0.05) is 26.3 Å². The lowest BCUT2D eigenvalue weighted by molar-refractivity contribution is 0.00425. The standard InChI is InChI=1S/C21H33FN2O3/c1-6-8-11-27-21(25)23-14-18(7-2)24(13-15(23)3)16(4)19-10-9-17(22)12-20(19)26-5/h9-10,12,15-16,18H,6-8,11,13-14H2,1-5H3/t15-,16?,18+/m0/s1. The van der Waals surface area contributed by atoms with Crippen molar-refractivity contribution in [1.82, 2.24) is 9.80 Å². The second-order valence-corrected chi connectivity index (χ2v) is 7.29. The summed E-state index contributed by atoms with van der Waals surface area (Å²) < 4.78 is 24.4. The van der Waals surface area contributed by atoms with E-state index in [2.05, 4.69) is 32.6 Å². The molecule has 6 heteroatoms. The second kappa shape index (κ2) is 9.93. The van der Waals surface area contributed by atoms with Gasteiger partial charge in [0, 0.05) is 42.8 Å². The van der Waals surface area contributed by atoms with Gasteiger partial charge in [-0.05, 0) is 32.8 Å². The molecule has 0 N–H and O–H groups in total. The average Bonchev–Trinajstić information content (AvgIpc) is 2.67. The molecule has 0 radical (unpaired) electrons. The molecule has 1 heterocycles. The smallest absolute Gasteiger partial charge is 0.410 e. The summed E-state index contributed by atoms with van der Waals surface area (Å²) in [6.45, 7) is 10.2. The van der Waals surface area contributed by atoms with Gasteiger partial charge in [0.2, 0.25) is 0 Å². The molecule has 152 valence electrons. The first kappa shape index (κ1) is 21.5. The van der Waals surface area contributed by atoms with Crippen molar-refractivity contribution in [2.75, 3.05) is 26.8 Å². The zero-order chi connectivity index (χ0) is 20.0. The highest BCUT2D eigenvalue weighted by molar-refractivity contribution is 5.68. The fourth-order valence-electron chi connectivity index (χ4n) is 3.75. The van der Waals surface area contributed by atoms with Crippen LogP contribution in [0.15, 0.2) is 18.2 Å². The molecule has 27 heavy (non-hydrogen) atoms. The molecule has 1 aromatic rings. The lowest BCUT2D eigenvalue weighted by atomic mass is 9.98. The summed E-state index contributed by atoms with van der Waals surface area (Å²) >= 11 is 0. The number of hydrogen-bond donors (Lipinski definition) is 0. The highest BCUT2D eigenvalue weighted by atomic mass is 19.1. The Balaban J connectivity index is 2.14. The summed E-state index contributed by atoms with van der Waals surface area (Å²) in [5, 5.41) is 0. The predicted octanol–water partition coefficient (Wildman–Crippen LogP) is 4.62. The van der Waals surface area contributed by atoms with Crippen LogP contribution in [-0.4, -0.2) is 54.8 Å². The van der Waals surface area contributed by atoms with Gasteiger partial charge in [-0.25, -0.2) is 9.18 Å². The maximum absolute atomic E-state index is 13.6. The number of benzene rings is 1. The van der Waals surface area contributed by atoms with E-state index >= 15 is 0 Å². The summed E-state index contributed by atoms with van der Waals surface area (Å²) in [6.07, 6.45) is 2.59. The van der Waals surface area contributed by atoms with Crippen molar-refractivity contribution in [2.24, 2.45) is 0 Å². The number of methoxy groups -OCH3 is 1. The number of ether oxygens (including phenoxy) is 2. The van der Waals surface area contributed by atoms with Gasteiger partial charge in [-0.3, -0.25) is 4.90 Å². The predicted molar refractivity (Wildman–Crippen MR) is 105 cm³/mol. The summed E-state index contributed by atoms with van der Waals surface area (Å²) in [5.74, 6) is 0.259. The molecular weight excluding hydrogens is 347 g/mol. The van der Waals surface area contributed by atoms with E-state index in [0.29, 0.717) is 18.9 Å². The minimum atomic E-state index is -0.303. The molecule has 1 aromatic carbocycles. The van der Waals surface area contributed by atoms with E-state index in [0.717, 1.165) is 31.4 Å². The van der Waals surface area contributed by atoms with Crippen LogP contribution >= 0.6 is 0 Å². The van der Waals surface area contributed by atoms with Crippen molar-refractivity contribution in [1.29, 1.82) is 0 Å². The van der Waals surface area contributed by atoms with E-state index in [-0.39, 0.29) is 30.0 Å².